The van der Waals surface area contributed by atoms with Gasteiger partial charge in [-0.05, 0) is 61.7 Å². The maximum absolute atomic E-state index is 13.1. The SMILES string of the molecule is Cc1ccc(C(N)=O)cc1Nc1nc(NCCc2ccc(F)cc2)nc(N[C@H]2CCNC2)n1. The number of aromatic nitrogens is 3. The van der Waals surface area contributed by atoms with Crippen LogP contribution in [0.2, 0.25) is 0 Å². The lowest BCUT2D eigenvalue weighted by molar-refractivity contribution is 0.100. The van der Waals surface area contributed by atoms with Crippen molar-refractivity contribution in [3.05, 3.63) is 65.0 Å². The zero-order valence-corrected chi connectivity index (χ0v) is 18.4. The molecule has 2 heterocycles. The molecule has 4 rings (SSSR count). The van der Waals surface area contributed by atoms with Crippen molar-refractivity contribution in [3.8, 4) is 0 Å². The molecule has 0 radical (unpaired) electrons. The van der Waals surface area contributed by atoms with E-state index in [9.17, 15) is 9.18 Å². The van der Waals surface area contributed by atoms with Gasteiger partial charge >= 0.3 is 0 Å². The minimum atomic E-state index is -0.507. The van der Waals surface area contributed by atoms with Crippen LogP contribution in [0.4, 0.5) is 27.9 Å². The number of halogens is 1. The van der Waals surface area contributed by atoms with Crippen molar-refractivity contribution in [1.29, 1.82) is 0 Å². The van der Waals surface area contributed by atoms with E-state index in [1.54, 1.807) is 24.3 Å². The van der Waals surface area contributed by atoms with Crippen molar-refractivity contribution in [1.82, 2.24) is 20.3 Å². The van der Waals surface area contributed by atoms with Gasteiger partial charge in [-0.1, -0.05) is 18.2 Å². The van der Waals surface area contributed by atoms with E-state index in [-0.39, 0.29) is 11.9 Å². The van der Waals surface area contributed by atoms with Gasteiger partial charge in [0.25, 0.3) is 0 Å². The monoisotopic (exact) mass is 450 g/mol. The number of anilines is 4. The van der Waals surface area contributed by atoms with Gasteiger partial charge in [-0.15, -0.1) is 0 Å². The summed E-state index contributed by atoms with van der Waals surface area (Å²) in [5.74, 6) is 0.439. The number of aryl methyl sites for hydroxylation is 1. The van der Waals surface area contributed by atoms with Gasteiger partial charge < -0.3 is 27.0 Å². The zero-order chi connectivity index (χ0) is 23.2. The van der Waals surface area contributed by atoms with Crippen molar-refractivity contribution < 1.29 is 9.18 Å². The van der Waals surface area contributed by atoms with E-state index >= 15 is 0 Å². The molecular weight excluding hydrogens is 423 g/mol. The number of nitrogens with zero attached hydrogens (tertiary/aromatic N) is 3. The number of rotatable bonds is 9. The van der Waals surface area contributed by atoms with Gasteiger partial charge in [0, 0.05) is 30.4 Å². The highest BCUT2D eigenvalue weighted by molar-refractivity contribution is 5.94. The van der Waals surface area contributed by atoms with Gasteiger partial charge in [-0.3, -0.25) is 4.79 Å². The highest BCUT2D eigenvalue weighted by Crippen LogP contribution is 2.22. The molecule has 1 fully saturated rings. The normalized spacial score (nSPS) is 15.3. The van der Waals surface area contributed by atoms with Crippen LogP contribution in [-0.2, 0) is 6.42 Å². The minimum Gasteiger partial charge on any atom is -0.366 e. The van der Waals surface area contributed by atoms with E-state index in [4.69, 9.17) is 5.73 Å². The summed E-state index contributed by atoms with van der Waals surface area (Å²) in [5, 5.41) is 13.1. The largest absolute Gasteiger partial charge is 0.366 e. The van der Waals surface area contributed by atoms with Crippen LogP contribution in [0.1, 0.15) is 27.9 Å². The molecule has 1 amide bonds. The predicted octanol–water partition coefficient (Wildman–Crippen LogP) is 2.59. The molecular formula is C23H27FN8O. The summed E-state index contributed by atoms with van der Waals surface area (Å²) in [6, 6.07) is 11.8. The van der Waals surface area contributed by atoms with E-state index in [2.05, 4.69) is 36.2 Å². The van der Waals surface area contributed by atoms with Crippen molar-refractivity contribution in [2.24, 2.45) is 5.73 Å². The third-order valence-electron chi connectivity index (χ3n) is 5.41. The number of carbonyl (C=O) groups is 1. The first-order valence-corrected chi connectivity index (χ1v) is 10.9. The number of nitrogens with one attached hydrogen (secondary N) is 4. The van der Waals surface area contributed by atoms with Gasteiger partial charge in [-0.2, -0.15) is 15.0 Å². The first kappa shape index (κ1) is 22.4. The Labute approximate surface area is 191 Å². The Morgan fingerprint density at radius 3 is 2.61 bits per heavy atom. The van der Waals surface area contributed by atoms with Crippen LogP contribution >= 0.6 is 0 Å². The maximum atomic E-state index is 13.1. The summed E-state index contributed by atoms with van der Waals surface area (Å²) in [5.41, 5.74) is 8.42. The number of amides is 1. The summed E-state index contributed by atoms with van der Waals surface area (Å²) in [7, 11) is 0. The molecule has 1 aliphatic heterocycles. The fourth-order valence-corrected chi connectivity index (χ4v) is 3.54. The molecule has 172 valence electrons. The van der Waals surface area contributed by atoms with Gasteiger partial charge in [-0.25, -0.2) is 4.39 Å². The number of hydrogen-bond donors (Lipinski definition) is 5. The lowest BCUT2D eigenvalue weighted by atomic mass is 10.1. The predicted molar refractivity (Wildman–Crippen MR) is 126 cm³/mol. The smallest absolute Gasteiger partial charge is 0.248 e. The van der Waals surface area contributed by atoms with E-state index in [1.165, 1.54) is 12.1 Å². The first-order chi connectivity index (χ1) is 16.0. The van der Waals surface area contributed by atoms with Crippen LogP contribution in [0, 0.1) is 12.7 Å². The highest BCUT2D eigenvalue weighted by Gasteiger charge is 2.17. The molecule has 0 unspecified atom stereocenters. The second-order valence-corrected chi connectivity index (χ2v) is 7.96. The number of carbonyl (C=O) groups excluding carboxylic acids is 1. The summed E-state index contributed by atoms with van der Waals surface area (Å²) >= 11 is 0. The Morgan fingerprint density at radius 2 is 1.88 bits per heavy atom. The van der Waals surface area contributed by atoms with E-state index in [0.29, 0.717) is 42.1 Å². The highest BCUT2D eigenvalue weighted by atomic mass is 19.1. The third-order valence-corrected chi connectivity index (χ3v) is 5.41. The first-order valence-electron chi connectivity index (χ1n) is 10.9. The Hall–Kier alpha value is -3.79. The fraction of sp³-hybridized carbons (Fsp3) is 0.304. The number of hydrogen-bond acceptors (Lipinski definition) is 8. The number of nitrogens with two attached hydrogens (primary N) is 1. The molecule has 0 spiro atoms. The Morgan fingerprint density at radius 1 is 1.12 bits per heavy atom. The van der Waals surface area contributed by atoms with E-state index < -0.39 is 5.91 Å². The summed E-state index contributed by atoms with van der Waals surface area (Å²) in [4.78, 5) is 25.1. The zero-order valence-electron chi connectivity index (χ0n) is 18.4. The maximum Gasteiger partial charge on any atom is 0.248 e. The standard InChI is InChI=1S/C23H27FN8O/c1-14-2-5-16(20(25)33)12-19(14)29-23-31-21(27-11-8-15-3-6-17(24)7-4-15)30-22(32-23)28-18-9-10-26-13-18/h2-7,12,18,26H,8-11,13H2,1H3,(H2,25,33)(H3,27,28,29,30,31,32)/t18-/m0/s1. The molecule has 1 atom stereocenters. The van der Waals surface area contributed by atoms with Crippen molar-refractivity contribution in [2.45, 2.75) is 25.8 Å². The molecule has 2 aromatic carbocycles. The summed E-state index contributed by atoms with van der Waals surface area (Å²) < 4.78 is 13.1. The van der Waals surface area contributed by atoms with Crippen molar-refractivity contribution in [2.75, 3.05) is 35.6 Å². The number of benzene rings is 2. The van der Waals surface area contributed by atoms with E-state index in [0.717, 1.165) is 30.6 Å². The summed E-state index contributed by atoms with van der Waals surface area (Å²) in [6.07, 6.45) is 1.66. The quantitative estimate of drug-likeness (QED) is 0.336. The fourth-order valence-electron chi connectivity index (χ4n) is 3.54. The number of primary amides is 1. The van der Waals surface area contributed by atoms with Gasteiger partial charge in [0.15, 0.2) is 0 Å². The third kappa shape index (κ3) is 6.13. The minimum absolute atomic E-state index is 0.229. The molecule has 0 bridgehead atoms. The molecule has 0 aliphatic carbocycles. The molecule has 1 aromatic heterocycles. The van der Waals surface area contributed by atoms with Crippen LogP contribution < -0.4 is 27.0 Å². The van der Waals surface area contributed by atoms with E-state index in [1.807, 2.05) is 13.0 Å². The molecule has 0 saturated carbocycles. The van der Waals surface area contributed by atoms with Crippen LogP contribution in [0.5, 0.6) is 0 Å². The lowest BCUT2D eigenvalue weighted by Crippen LogP contribution is -2.24. The molecule has 3 aromatic rings. The average molecular weight is 451 g/mol. The molecule has 6 N–H and O–H groups in total. The molecule has 1 aliphatic rings. The van der Waals surface area contributed by atoms with Crippen LogP contribution in [0.25, 0.3) is 0 Å². The second kappa shape index (κ2) is 10.2. The van der Waals surface area contributed by atoms with Gasteiger partial charge in [0.05, 0.1) is 0 Å². The van der Waals surface area contributed by atoms with Crippen LogP contribution in [-0.4, -0.2) is 46.5 Å². The topological polar surface area (TPSA) is 130 Å². The van der Waals surface area contributed by atoms with Crippen LogP contribution in [0.15, 0.2) is 42.5 Å². The Bertz CT molecular complexity index is 1120. The van der Waals surface area contributed by atoms with Crippen molar-refractivity contribution in [3.63, 3.8) is 0 Å². The van der Waals surface area contributed by atoms with Gasteiger partial charge in [0.2, 0.25) is 23.8 Å². The average Bonchev–Trinajstić information content (AvgIpc) is 3.29. The molecule has 9 nitrogen and oxygen atoms in total. The van der Waals surface area contributed by atoms with Gasteiger partial charge in [0.1, 0.15) is 5.82 Å². The Kier molecular flexibility index (Phi) is 6.94. The summed E-state index contributed by atoms with van der Waals surface area (Å²) in [6.45, 7) is 4.26. The molecule has 1 saturated heterocycles. The second-order valence-electron chi connectivity index (χ2n) is 7.96. The lowest BCUT2D eigenvalue weighted by Gasteiger charge is -2.15. The molecule has 10 heteroatoms. The molecule has 33 heavy (non-hydrogen) atoms. The Balaban J connectivity index is 1.53. The van der Waals surface area contributed by atoms with Crippen molar-refractivity contribution >= 4 is 29.4 Å². The van der Waals surface area contributed by atoms with Crippen LogP contribution in [0.3, 0.4) is 0 Å².